The minimum absolute atomic E-state index is 0. The fourth-order valence-corrected chi connectivity index (χ4v) is 9.48. The molecule has 5 heterocycles. The van der Waals surface area contributed by atoms with Gasteiger partial charge in [-0.05, 0) is 144 Å². The molecule has 0 unspecified atom stereocenters. The Morgan fingerprint density at radius 1 is 0.716 bits per heavy atom. The van der Waals surface area contributed by atoms with E-state index in [2.05, 4.69) is 113 Å². The zero-order valence-electron chi connectivity index (χ0n) is 36.1. The van der Waals surface area contributed by atoms with Gasteiger partial charge in [-0.25, -0.2) is 9.59 Å². The van der Waals surface area contributed by atoms with Crippen LogP contribution >= 0.6 is 221 Å². The maximum Gasteiger partial charge on any atom is 1.00 e. The number of hydrogen-bond acceptors (Lipinski definition) is 15. The molecule has 67 heavy (non-hydrogen) atoms. The second kappa shape index (κ2) is 61.0. The average Bonchev–Trinajstić information content (AvgIpc) is 4.07. The molecule has 0 amide bonds. The fourth-order valence-electron chi connectivity index (χ4n) is 3.26. The number of thiophene rings is 4. The summed E-state index contributed by atoms with van der Waals surface area (Å²) in [5.41, 5.74) is 26.3. The first-order chi connectivity index (χ1) is 29.8. The Morgan fingerprint density at radius 2 is 0.955 bits per heavy atom. The molecule has 0 bridgehead atoms. The van der Waals surface area contributed by atoms with Gasteiger partial charge < -0.3 is 54.6 Å². The summed E-state index contributed by atoms with van der Waals surface area (Å²) in [5, 5.41) is 73.1. The Balaban J connectivity index is -0.0000000856. The van der Waals surface area contributed by atoms with Crippen LogP contribution in [-0.2, 0) is 40.1 Å². The van der Waals surface area contributed by atoms with E-state index >= 15 is 0 Å². The predicted molar refractivity (Wildman–Crippen MR) is 330 cm³/mol. The third-order valence-corrected chi connectivity index (χ3v) is 11.9. The van der Waals surface area contributed by atoms with Gasteiger partial charge in [0.2, 0.25) is 0 Å². The molecule has 4 aromatic rings. The van der Waals surface area contributed by atoms with Crippen molar-refractivity contribution in [3.8, 4) is 0 Å². The molecule has 33 heteroatoms. The third kappa shape index (κ3) is 56.0. The van der Waals surface area contributed by atoms with Crippen LogP contribution in [0.15, 0.2) is 43.0 Å². The molecule has 0 aliphatic carbocycles. The Hall–Kier alpha value is 2.41. The van der Waals surface area contributed by atoms with E-state index in [0.717, 1.165) is 46.3 Å². The fraction of sp³-hybridized carbons (Fsp3) is 0.382. The Bertz CT molecular complexity index is 1650. The molecule has 1 fully saturated rings. The van der Waals surface area contributed by atoms with E-state index < -0.39 is 11.9 Å². The van der Waals surface area contributed by atoms with Crippen LogP contribution in [-0.4, -0.2) is 95.4 Å². The molecule has 0 spiro atoms. The first-order valence-electron chi connectivity index (χ1n) is 16.8. The molecule has 1 aliphatic rings. The Kier molecular flexibility index (Phi) is 78.4. The summed E-state index contributed by atoms with van der Waals surface area (Å²) in [7, 11) is 0. The standard InChI is InChI=1S/C8H12N4S3.C6H6Br2S.C6H4O4S.C6H8O2S.C4H8O.C2H6O.CH2Cl2.CH4N2S.Al.Br3P.2BrH.Li.4H/c9-7(10)14-3-5-1-13-2-6(5)4-15-8(11)12;7-1-5-3-9-4-6(5)2-8;7-5(8)3-1-11-2-4(3)6(9)10;7-1-5-3-9-4-6(5)2-8;1-2-4-5-3-1;1-2-3;2-1-3;2-1(3)4;;1-4(2)3;;;;;;;/h1-2H,3-4H2,(H3,9,10)(H3,11,12);3-4H,1-2H2;1-2H,(H,7,8)(H,9,10);3-4,7-8H,1-2H2;1-4H2;3H,2H2,1H3;1H2;(H4,2,3,4);;;2*1H;;;;;/q;;;;;;;;;;;;+1;;;;-1. The van der Waals surface area contributed by atoms with Crippen LogP contribution in [0.4, 0.5) is 0 Å². The normalized spacial score (nSPS) is 9.73. The molecule has 14 nitrogen and oxygen atoms in total. The van der Waals surface area contributed by atoms with E-state index in [-0.39, 0.29) is 127 Å². The van der Waals surface area contributed by atoms with Gasteiger partial charge in [0.1, 0.15) is 4.03 Å². The van der Waals surface area contributed by atoms with Crippen molar-refractivity contribution in [2.45, 2.75) is 55.1 Å². The maximum atomic E-state index is 10.3. The van der Waals surface area contributed by atoms with E-state index in [0.29, 0.717) is 11.5 Å². The minimum atomic E-state index is -1.20. The number of thioether (sulfide) groups is 2. The summed E-state index contributed by atoms with van der Waals surface area (Å²) >= 11 is 38.5. The molecule has 15 N–H and O–H groups in total. The van der Waals surface area contributed by atoms with E-state index in [1.807, 2.05) is 21.5 Å². The molecule has 5 rings (SSSR count). The van der Waals surface area contributed by atoms with Gasteiger partial charge in [-0.15, -0.1) is 57.2 Å². The van der Waals surface area contributed by atoms with Crippen molar-refractivity contribution in [3.05, 3.63) is 87.5 Å². The molecule has 0 aromatic carbocycles. The minimum Gasteiger partial charge on any atom is -1.00 e. The van der Waals surface area contributed by atoms with Gasteiger partial charge in [0.15, 0.2) is 32.8 Å². The van der Waals surface area contributed by atoms with Gasteiger partial charge in [-0.2, -0.15) is 45.3 Å². The molecular weight excluding hydrogens is 1540 g/mol. The third-order valence-electron chi connectivity index (χ3n) is 5.84. The zero-order chi connectivity index (χ0) is 49.2. The second-order valence-corrected chi connectivity index (χ2v) is 33.0. The van der Waals surface area contributed by atoms with Crippen molar-refractivity contribution >= 4 is 265 Å². The van der Waals surface area contributed by atoms with Gasteiger partial charge in [-0.3, -0.25) is 10.8 Å². The van der Waals surface area contributed by atoms with Crippen LogP contribution in [0, 0.1) is 10.8 Å². The van der Waals surface area contributed by atoms with Crippen molar-refractivity contribution in [1.82, 2.24) is 0 Å². The summed E-state index contributed by atoms with van der Waals surface area (Å²) in [6, 6.07) is 0. The predicted octanol–water partition coefficient (Wildman–Crippen LogP) is 9.31. The van der Waals surface area contributed by atoms with Crippen LogP contribution in [0.5, 0.6) is 0 Å². The largest absolute Gasteiger partial charge is 1.00 e. The van der Waals surface area contributed by atoms with Gasteiger partial charge in [-0.1, -0.05) is 55.4 Å². The first-order valence-corrected chi connectivity index (χ1v) is 33.7. The SMILES string of the molecule is Br.Br.BrCc1cscc1CBr.BrP(Br)Br.C1CCOC1.CCO.ClCCl.N=C(N)SCc1cscc1CSC(=N)N.NC(N)=S.O=C(O)c1cscc1C(=O)O.OCc1cscc1CO.[AlH3].[H-].[Li+]. The van der Waals surface area contributed by atoms with Crippen LogP contribution < -0.4 is 41.8 Å². The first kappa shape index (κ1) is 86.1. The Morgan fingerprint density at radius 3 is 1.15 bits per heavy atom. The summed E-state index contributed by atoms with van der Waals surface area (Å²) in [4.78, 5) is 20.7. The average molecular weight is 1600 g/mol. The van der Waals surface area contributed by atoms with Crippen LogP contribution in [0.1, 0.15) is 75.3 Å². The second-order valence-electron chi connectivity index (χ2n) is 10.3. The number of hydrogen-bond donors (Lipinski definition) is 11. The van der Waals surface area contributed by atoms with Crippen molar-refractivity contribution in [2.75, 3.05) is 25.2 Å². The molecule has 0 saturated carbocycles. The number of carboxylic acid groups (broad SMARTS) is 2. The van der Waals surface area contributed by atoms with E-state index in [1.165, 1.54) is 80.7 Å². The summed E-state index contributed by atoms with van der Waals surface area (Å²) in [6.07, 6.45) is 2.56. The van der Waals surface area contributed by atoms with Crippen LogP contribution in [0.25, 0.3) is 0 Å². The molecular formula is C34H56AlBr7Cl2LiN6O8PS7. The Labute approximate surface area is 519 Å². The maximum absolute atomic E-state index is 10.3. The molecule has 4 aromatic heterocycles. The molecule has 0 radical (unpaired) electrons. The smallest absolute Gasteiger partial charge is 1.00 e. The zero-order valence-corrected chi connectivity index (χ0v) is 54.6. The number of halogens is 9. The van der Waals surface area contributed by atoms with E-state index in [1.54, 1.807) is 29.6 Å². The van der Waals surface area contributed by atoms with Gasteiger partial charge >= 0.3 is 30.8 Å². The van der Waals surface area contributed by atoms with Gasteiger partial charge in [0.25, 0.3) is 0 Å². The van der Waals surface area contributed by atoms with E-state index in [9.17, 15) is 9.59 Å². The molecule has 384 valence electrons. The van der Waals surface area contributed by atoms with E-state index in [4.69, 9.17) is 75.8 Å². The van der Waals surface area contributed by atoms with Gasteiger partial charge in [0.05, 0.1) is 29.7 Å². The number of nitrogens with one attached hydrogen (secondary N) is 2. The van der Waals surface area contributed by atoms with Crippen LogP contribution in [0.3, 0.4) is 0 Å². The number of rotatable bonds is 10. The summed E-state index contributed by atoms with van der Waals surface area (Å²) in [6.45, 7) is 3.98. The number of carboxylic acids is 2. The number of carbonyl (C=O) groups is 2. The summed E-state index contributed by atoms with van der Waals surface area (Å²) in [5.74, 6) is -0.980. The number of alkyl halides is 4. The number of nitrogens with two attached hydrogens (primary N) is 4. The molecule has 0 atom stereocenters. The summed E-state index contributed by atoms with van der Waals surface area (Å²) < 4.78 is 4.76. The molecule has 1 saturated heterocycles. The van der Waals surface area contributed by atoms with Crippen molar-refractivity contribution in [1.29, 1.82) is 10.8 Å². The van der Waals surface area contributed by atoms with Crippen molar-refractivity contribution < 1.29 is 60.1 Å². The molecule has 1 aliphatic heterocycles. The quantitative estimate of drug-likeness (QED) is 0.0176. The van der Waals surface area contributed by atoms with Crippen molar-refractivity contribution in [2.24, 2.45) is 22.9 Å². The number of ether oxygens (including phenoxy) is 1. The van der Waals surface area contributed by atoms with Gasteiger partial charge in [0, 0.05) is 52.7 Å². The number of aromatic carboxylic acids is 2. The number of amidine groups is 2. The van der Waals surface area contributed by atoms with Crippen LogP contribution in [0.2, 0.25) is 0 Å². The topological polar surface area (TPSA) is 296 Å². The number of aliphatic hydroxyl groups is 3. The number of aliphatic hydroxyl groups excluding tert-OH is 3. The van der Waals surface area contributed by atoms with Crippen molar-refractivity contribution in [3.63, 3.8) is 0 Å². The monoisotopic (exact) mass is 1590 g/mol. The number of thiocarbonyl (C=S) groups is 1.